The van der Waals surface area contributed by atoms with Gasteiger partial charge in [0.2, 0.25) is 11.8 Å². The number of aliphatic imine (C=N–C) groups is 1. The number of ether oxygens (including phenoxy) is 1. The number of nitrogens with zero attached hydrogens (tertiary/aromatic N) is 3. The van der Waals surface area contributed by atoms with Crippen LogP contribution in [-0.4, -0.2) is 45.7 Å². The number of aliphatic hydroxyl groups is 2. The molecule has 1 aromatic heterocycles. The summed E-state index contributed by atoms with van der Waals surface area (Å²) in [6.45, 7) is 1.68. The van der Waals surface area contributed by atoms with Gasteiger partial charge in [-0.3, -0.25) is 0 Å². The lowest BCUT2D eigenvalue weighted by molar-refractivity contribution is 0.0287. The second-order valence-electron chi connectivity index (χ2n) is 3.55. The largest absolute Gasteiger partial charge is 0.479 e. The van der Waals surface area contributed by atoms with Crippen LogP contribution in [0.15, 0.2) is 4.99 Å². The molecule has 1 aliphatic heterocycles. The van der Waals surface area contributed by atoms with Gasteiger partial charge in [-0.05, 0) is 6.92 Å². The van der Waals surface area contributed by atoms with Crippen molar-refractivity contribution < 1.29 is 14.9 Å². The molecule has 2 atom stereocenters. The summed E-state index contributed by atoms with van der Waals surface area (Å²) < 4.78 is 5.07. The first kappa shape index (κ1) is 12.8. The maximum Gasteiger partial charge on any atom is 0.242 e. The van der Waals surface area contributed by atoms with E-state index < -0.39 is 12.5 Å². The van der Waals surface area contributed by atoms with Crippen LogP contribution in [0.3, 0.4) is 0 Å². The predicted octanol–water partition coefficient (Wildman–Crippen LogP) is -0.545. The first-order chi connectivity index (χ1) is 8.51. The summed E-state index contributed by atoms with van der Waals surface area (Å²) in [6, 6.07) is 0. The van der Waals surface area contributed by atoms with Crippen molar-refractivity contribution in [3.63, 3.8) is 0 Å². The minimum absolute atomic E-state index is 0.153. The van der Waals surface area contributed by atoms with Crippen LogP contribution in [-0.2, 0) is 0 Å². The molecule has 98 valence electrons. The Labute approximate surface area is 108 Å². The fraction of sp³-hybridized carbons (Fsp3) is 0.444. The molecule has 2 unspecified atom stereocenters. The van der Waals surface area contributed by atoms with E-state index in [1.165, 1.54) is 7.11 Å². The Hall–Kier alpha value is -1.64. The molecule has 0 aliphatic carbocycles. The zero-order valence-electron chi connectivity index (χ0n) is 9.68. The van der Waals surface area contributed by atoms with E-state index in [2.05, 4.69) is 25.6 Å². The summed E-state index contributed by atoms with van der Waals surface area (Å²) >= 11 is 5.96. The number of guanidine groups is 1. The molecule has 9 heteroatoms. The molecule has 18 heavy (non-hydrogen) atoms. The normalized spacial score (nSPS) is 22.4. The molecule has 1 aromatic rings. The van der Waals surface area contributed by atoms with Gasteiger partial charge in [-0.2, -0.15) is 4.98 Å². The van der Waals surface area contributed by atoms with Gasteiger partial charge < -0.3 is 25.6 Å². The van der Waals surface area contributed by atoms with E-state index in [0.29, 0.717) is 11.5 Å². The van der Waals surface area contributed by atoms with E-state index in [1.54, 1.807) is 6.92 Å². The third kappa shape index (κ3) is 2.45. The minimum Gasteiger partial charge on any atom is -0.479 e. The number of nitrogens with one attached hydrogen (secondary N) is 2. The van der Waals surface area contributed by atoms with Crippen LogP contribution in [0.2, 0.25) is 5.15 Å². The number of aliphatic hydroxyl groups excluding tert-OH is 2. The summed E-state index contributed by atoms with van der Waals surface area (Å²) in [6.07, 6.45) is -2.40. The Morgan fingerprint density at radius 2 is 2.11 bits per heavy atom. The van der Waals surface area contributed by atoms with Gasteiger partial charge in [0, 0.05) is 0 Å². The Morgan fingerprint density at radius 3 is 2.67 bits per heavy atom. The average Bonchev–Trinajstić information content (AvgIpc) is 2.61. The molecule has 0 spiro atoms. The molecule has 2 heterocycles. The third-order valence-electron chi connectivity index (χ3n) is 2.21. The molecule has 2 rings (SSSR count). The zero-order valence-corrected chi connectivity index (χ0v) is 10.4. The number of anilines is 1. The van der Waals surface area contributed by atoms with E-state index in [9.17, 15) is 10.2 Å². The molecule has 0 aromatic carbocycles. The van der Waals surface area contributed by atoms with Gasteiger partial charge in [0.05, 0.1) is 7.11 Å². The quantitative estimate of drug-likeness (QED) is 0.535. The van der Waals surface area contributed by atoms with Crippen LogP contribution >= 0.6 is 11.6 Å². The van der Waals surface area contributed by atoms with E-state index in [-0.39, 0.29) is 17.0 Å². The molecule has 0 bridgehead atoms. The lowest BCUT2D eigenvalue weighted by Crippen LogP contribution is -2.37. The van der Waals surface area contributed by atoms with Crippen LogP contribution < -0.4 is 15.4 Å². The highest BCUT2D eigenvalue weighted by molar-refractivity contribution is 6.32. The molecule has 0 amide bonds. The van der Waals surface area contributed by atoms with E-state index >= 15 is 0 Å². The molecular weight excluding hydrogens is 262 g/mol. The van der Waals surface area contributed by atoms with Crippen molar-refractivity contribution in [2.24, 2.45) is 4.99 Å². The van der Waals surface area contributed by atoms with Crippen molar-refractivity contribution in [2.75, 3.05) is 12.4 Å². The predicted molar refractivity (Wildman–Crippen MR) is 64.5 cm³/mol. The standard InChI is InChI=1S/C9H12ClN5O3/c1-3-11-5(10)4(8(12-3)18-2)13-9-14-6(16)7(17)15-9/h6-7,16-17H,1-2H3,(H2,13,14,15). The fourth-order valence-electron chi connectivity index (χ4n) is 1.41. The lowest BCUT2D eigenvalue weighted by Gasteiger charge is -2.12. The molecule has 0 saturated heterocycles. The number of aromatic nitrogens is 2. The van der Waals surface area contributed by atoms with Gasteiger partial charge >= 0.3 is 0 Å². The van der Waals surface area contributed by atoms with Gasteiger partial charge in [-0.25, -0.2) is 9.98 Å². The van der Waals surface area contributed by atoms with Gasteiger partial charge in [0.15, 0.2) is 17.6 Å². The van der Waals surface area contributed by atoms with Gasteiger partial charge in [0.25, 0.3) is 0 Å². The first-order valence-electron chi connectivity index (χ1n) is 5.07. The van der Waals surface area contributed by atoms with Gasteiger partial charge in [0.1, 0.15) is 11.5 Å². The van der Waals surface area contributed by atoms with Crippen LogP contribution in [0.1, 0.15) is 5.82 Å². The Kier molecular flexibility index (Phi) is 3.50. The molecule has 0 saturated carbocycles. The number of rotatable bonds is 2. The van der Waals surface area contributed by atoms with Crippen molar-refractivity contribution >= 4 is 23.2 Å². The second kappa shape index (κ2) is 4.92. The molecule has 1 aliphatic rings. The number of methoxy groups -OCH3 is 1. The maximum atomic E-state index is 9.27. The topological polar surface area (TPSA) is 112 Å². The summed E-state index contributed by atoms with van der Waals surface area (Å²) in [5.41, 5.74) is 0.303. The van der Waals surface area contributed by atoms with Crippen molar-refractivity contribution in [2.45, 2.75) is 19.4 Å². The van der Waals surface area contributed by atoms with Crippen LogP contribution in [0.25, 0.3) is 0 Å². The summed E-state index contributed by atoms with van der Waals surface area (Å²) in [5, 5.41) is 24.0. The van der Waals surface area contributed by atoms with Crippen molar-refractivity contribution in [1.82, 2.24) is 15.3 Å². The van der Waals surface area contributed by atoms with Crippen molar-refractivity contribution in [3.05, 3.63) is 11.0 Å². The molecular formula is C9H12ClN5O3. The highest BCUT2D eigenvalue weighted by atomic mass is 35.5. The highest BCUT2D eigenvalue weighted by Gasteiger charge is 2.25. The molecule has 0 radical (unpaired) electrons. The Bertz CT molecular complexity index is 495. The molecule has 0 fully saturated rings. The first-order valence-corrected chi connectivity index (χ1v) is 5.44. The zero-order chi connectivity index (χ0) is 13.3. The highest BCUT2D eigenvalue weighted by Crippen LogP contribution is 2.29. The minimum atomic E-state index is -1.23. The van der Waals surface area contributed by atoms with Gasteiger partial charge in [-0.1, -0.05) is 11.6 Å². The monoisotopic (exact) mass is 273 g/mol. The Morgan fingerprint density at radius 1 is 1.39 bits per heavy atom. The fourth-order valence-corrected chi connectivity index (χ4v) is 1.66. The lowest BCUT2D eigenvalue weighted by atomic mass is 10.4. The Balaban J connectivity index is 2.27. The number of aryl methyl sites for hydroxylation is 1. The summed E-state index contributed by atoms with van der Waals surface area (Å²) in [5.74, 6) is 0.860. The SMILES string of the molecule is COc1nc(C)nc(Cl)c1NC1=NC(O)C(O)N1. The smallest absolute Gasteiger partial charge is 0.242 e. The number of hydrogen-bond donors (Lipinski definition) is 4. The number of hydrogen-bond acceptors (Lipinski definition) is 8. The molecule has 8 nitrogen and oxygen atoms in total. The van der Waals surface area contributed by atoms with Crippen molar-refractivity contribution in [3.8, 4) is 5.88 Å². The average molecular weight is 274 g/mol. The van der Waals surface area contributed by atoms with E-state index in [0.717, 1.165) is 0 Å². The maximum absolute atomic E-state index is 9.27. The van der Waals surface area contributed by atoms with Crippen LogP contribution in [0.4, 0.5) is 5.69 Å². The van der Waals surface area contributed by atoms with Crippen molar-refractivity contribution in [1.29, 1.82) is 0 Å². The van der Waals surface area contributed by atoms with Crippen LogP contribution in [0, 0.1) is 6.92 Å². The third-order valence-corrected chi connectivity index (χ3v) is 2.48. The summed E-state index contributed by atoms with van der Waals surface area (Å²) in [7, 11) is 1.44. The second-order valence-corrected chi connectivity index (χ2v) is 3.91. The van der Waals surface area contributed by atoms with Gasteiger partial charge in [-0.15, -0.1) is 0 Å². The molecule has 4 N–H and O–H groups in total. The van der Waals surface area contributed by atoms with E-state index in [1.807, 2.05) is 0 Å². The van der Waals surface area contributed by atoms with Crippen LogP contribution in [0.5, 0.6) is 5.88 Å². The van der Waals surface area contributed by atoms with E-state index in [4.69, 9.17) is 16.3 Å². The number of halogens is 1. The summed E-state index contributed by atoms with van der Waals surface area (Å²) in [4.78, 5) is 11.7.